The Labute approximate surface area is 86.1 Å². The maximum atomic E-state index is 11.2. The van der Waals surface area contributed by atoms with E-state index in [9.17, 15) is 4.79 Å². The molecular weight excluding hydrogens is 180 g/mol. The molecule has 0 atom stereocenters. The summed E-state index contributed by atoms with van der Waals surface area (Å²) < 4.78 is 0. The van der Waals surface area contributed by atoms with Crippen molar-refractivity contribution in [3.8, 4) is 0 Å². The molecule has 4 nitrogen and oxygen atoms in total. The molecule has 0 aliphatic heterocycles. The molecule has 84 valence electrons. The first-order valence-electron chi connectivity index (χ1n) is 5.12. The number of aliphatic hydroxyl groups is 1. The molecule has 0 aromatic rings. The van der Waals surface area contributed by atoms with E-state index in [1.54, 1.807) is 0 Å². The van der Waals surface area contributed by atoms with Crippen LogP contribution in [0.4, 0.5) is 4.79 Å². The summed E-state index contributed by atoms with van der Waals surface area (Å²) in [4.78, 5) is 11.2. The lowest BCUT2D eigenvalue weighted by molar-refractivity contribution is 0.231. The number of nitrogens with one attached hydrogen (secondary N) is 2. The maximum absolute atomic E-state index is 11.2. The summed E-state index contributed by atoms with van der Waals surface area (Å²) in [5.74, 6) is 0. The third-order valence-corrected chi connectivity index (χ3v) is 1.61. The number of hydrogen-bond donors (Lipinski definition) is 3. The van der Waals surface area contributed by atoms with Crippen molar-refractivity contribution in [1.29, 1.82) is 0 Å². The van der Waals surface area contributed by atoms with E-state index in [-0.39, 0.29) is 18.2 Å². The van der Waals surface area contributed by atoms with Crippen molar-refractivity contribution in [2.24, 2.45) is 0 Å². The van der Waals surface area contributed by atoms with Crippen molar-refractivity contribution in [3.05, 3.63) is 0 Å². The summed E-state index contributed by atoms with van der Waals surface area (Å²) in [6, 6.07) is -0.124. The summed E-state index contributed by atoms with van der Waals surface area (Å²) >= 11 is 0. The lowest BCUT2D eigenvalue weighted by Crippen LogP contribution is -2.46. The molecule has 2 amide bonds. The van der Waals surface area contributed by atoms with Crippen molar-refractivity contribution in [2.45, 2.75) is 45.6 Å². The van der Waals surface area contributed by atoms with E-state index >= 15 is 0 Å². The van der Waals surface area contributed by atoms with Crippen LogP contribution in [0.2, 0.25) is 0 Å². The fraction of sp³-hybridized carbons (Fsp3) is 0.900. The first-order valence-corrected chi connectivity index (χ1v) is 5.12. The Morgan fingerprint density at radius 1 is 1.21 bits per heavy atom. The summed E-state index contributed by atoms with van der Waals surface area (Å²) in [5.41, 5.74) is -0.185. The molecule has 0 aromatic carbocycles. The molecule has 0 aliphatic rings. The maximum Gasteiger partial charge on any atom is 0.315 e. The number of amides is 2. The van der Waals surface area contributed by atoms with Crippen LogP contribution in [0.5, 0.6) is 0 Å². The predicted octanol–water partition coefficient (Wildman–Crippen LogP) is 1.25. The van der Waals surface area contributed by atoms with Crippen LogP contribution in [-0.2, 0) is 0 Å². The lowest BCUT2D eigenvalue weighted by Gasteiger charge is -2.20. The van der Waals surface area contributed by atoms with Crippen molar-refractivity contribution in [3.63, 3.8) is 0 Å². The van der Waals surface area contributed by atoms with E-state index in [0.717, 1.165) is 19.3 Å². The number of hydrogen-bond acceptors (Lipinski definition) is 2. The Morgan fingerprint density at radius 2 is 1.86 bits per heavy atom. The highest BCUT2D eigenvalue weighted by Crippen LogP contribution is 1.97. The first-order chi connectivity index (χ1) is 6.45. The lowest BCUT2D eigenvalue weighted by atomic mass is 10.1. The molecular formula is C10H22N2O2. The zero-order valence-corrected chi connectivity index (χ0v) is 9.39. The van der Waals surface area contributed by atoms with Crippen LogP contribution in [0.25, 0.3) is 0 Å². The summed E-state index contributed by atoms with van der Waals surface area (Å²) in [7, 11) is 0. The smallest absolute Gasteiger partial charge is 0.315 e. The van der Waals surface area contributed by atoms with Crippen molar-refractivity contribution in [2.75, 3.05) is 13.2 Å². The monoisotopic (exact) mass is 202 g/mol. The van der Waals surface area contributed by atoms with Gasteiger partial charge in [0.1, 0.15) is 0 Å². The highest BCUT2D eigenvalue weighted by atomic mass is 16.2. The molecule has 4 heteroatoms. The van der Waals surface area contributed by atoms with E-state index in [1.807, 2.05) is 20.8 Å². The molecule has 0 aromatic heterocycles. The molecule has 0 unspecified atom stereocenters. The molecule has 0 saturated carbocycles. The van der Waals surface area contributed by atoms with Gasteiger partial charge in [0.05, 0.1) is 0 Å². The third kappa shape index (κ3) is 9.32. The third-order valence-electron chi connectivity index (χ3n) is 1.61. The molecule has 0 bridgehead atoms. The van der Waals surface area contributed by atoms with Gasteiger partial charge in [-0.05, 0) is 40.0 Å². The molecule has 3 N–H and O–H groups in total. The predicted molar refractivity (Wildman–Crippen MR) is 57.2 cm³/mol. The quantitative estimate of drug-likeness (QED) is 0.587. The van der Waals surface area contributed by atoms with Gasteiger partial charge in [0, 0.05) is 18.7 Å². The van der Waals surface area contributed by atoms with Crippen LogP contribution in [0, 0.1) is 0 Å². The van der Waals surface area contributed by atoms with E-state index in [4.69, 9.17) is 5.11 Å². The second kappa shape index (κ2) is 6.65. The fourth-order valence-electron chi connectivity index (χ4n) is 1.00. The van der Waals surface area contributed by atoms with Crippen LogP contribution >= 0.6 is 0 Å². The zero-order chi connectivity index (χ0) is 11.0. The van der Waals surface area contributed by atoms with Crippen LogP contribution in [0.15, 0.2) is 0 Å². The van der Waals surface area contributed by atoms with Gasteiger partial charge in [-0.3, -0.25) is 0 Å². The number of unbranched alkanes of at least 4 members (excludes halogenated alkanes) is 2. The molecule has 0 rings (SSSR count). The number of aliphatic hydroxyl groups excluding tert-OH is 1. The Kier molecular flexibility index (Phi) is 6.28. The number of carbonyl (C=O) groups is 1. The second-order valence-corrected chi connectivity index (χ2v) is 4.42. The Hall–Kier alpha value is -0.770. The van der Waals surface area contributed by atoms with Crippen molar-refractivity contribution >= 4 is 6.03 Å². The molecule has 0 radical (unpaired) electrons. The van der Waals surface area contributed by atoms with Crippen LogP contribution in [0.3, 0.4) is 0 Å². The Bertz CT molecular complexity index is 164. The molecule has 0 spiro atoms. The van der Waals surface area contributed by atoms with Crippen molar-refractivity contribution in [1.82, 2.24) is 10.6 Å². The summed E-state index contributed by atoms with van der Waals surface area (Å²) in [6.45, 7) is 6.73. The SMILES string of the molecule is CC(C)(C)NC(=O)NCCCCCO. The van der Waals surface area contributed by atoms with Gasteiger partial charge in [-0.1, -0.05) is 0 Å². The Balaban J connectivity index is 3.36. The van der Waals surface area contributed by atoms with Crippen LogP contribution < -0.4 is 10.6 Å². The molecule has 0 aliphatic carbocycles. The topological polar surface area (TPSA) is 61.4 Å². The number of carbonyl (C=O) groups excluding carboxylic acids is 1. The number of urea groups is 1. The summed E-state index contributed by atoms with van der Waals surface area (Å²) in [5, 5.41) is 14.1. The molecule has 14 heavy (non-hydrogen) atoms. The van der Waals surface area contributed by atoms with Gasteiger partial charge in [-0.15, -0.1) is 0 Å². The minimum atomic E-state index is -0.185. The highest BCUT2D eigenvalue weighted by Gasteiger charge is 2.12. The van der Waals surface area contributed by atoms with Crippen LogP contribution in [-0.4, -0.2) is 29.8 Å². The molecule has 0 heterocycles. The van der Waals surface area contributed by atoms with Gasteiger partial charge in [0.25, 0.3) is 0 Å². The second-order valence-electron chi connectivity index (χ2n) is 4.42. The average Bonchev–Trinajstić information content (AvgIpc) is 2.00. The van der Waals surface area contributed by atoms with Gasteiger partial charge in [-0.2, -0.15) is 0 Å². The van der Waals surface area contributed by atoms with E-state index in [2.05, 4.69) is 10.6 Å². The van der Waals surface area contributed by atoms with Gasteiger partial charge < -0.3 is 15.7 Å². The minimum Gasteiger partial charge on any atom is -0.396 e. The normalized spacial score (nSPS) is 11.1. The standard InChI is InChI=1S/C10H22N2O2/c1-10(2,3)12-9(14)11-7-5-4-6-8-13/h13H,4-8H2,1-3H3,(H2,11,12,14). The van der Waals surface area contributed by atoms with Crippen LogP contribution in [0.1, 0.15) is 40.0 Å². The van der Waals surface area contributed by atoms with E-state index in [1.165, 1.54) is 0 Å². The summed E-state index contributed by atoms with van der Waals surface area (Å²) in [6.07, 6.45) is 2.67. The molecule has 0 fully saturated rings. The largest absolute Gasteiger partial charge is 0.396 e. The average molecular weight is 202 g/mol. The minimum absolute atomic E-state index is 0.124. The van der Waals surface area contributed by atoms with Crippen molar-refractivity contribution < 1.29 is 9.90 Å². The van der Waals surface area contributed by atoms with Gasteiger partial charge in [0.15, 0.2) is 0 Å². The first kappa shape index (κ1) is 13.2. The van der Waals surface area contributed by atoms with E-state index < -0.39 is 0 Å². The molecule has 0 saturated heterocycles. The Morgan fingerprint density at radius 3 is 2.36 bits per heavy atom. The van der Waals surface area contributed by atoms with E-state index in [0.29, 0.717) is 6.54 Å². The zero-order valence-electron chi connectivity index (χ0n) is 9.39. The fourth-order valence-corrected chi connectivity index (χ4v) is 1.00. The van der Waals surface area contributed by atoms with Gasteiger partial charge >= 0.3 is 6.03 Å². The number of rotatable bonds is 5. The highest BCUT2D eigenvalue weighted by molar-refractivity contribution is 5.74. The van der Waals surface area contributed by atoms with Gasteiger partial charge in [0.2, 0.25) is 0 Å². The van der Waals surface area contributed by atoms with Gasteiger partial charge in [-0.25, -0.2) is 4.79 Å².